The van der Waals surface area contributed by atoms with Crippen molar-refractivity contribution in [2.75, 3.05) is 5.32 Å². The zero-order chi connectivity index (χ0) is 24.5. The molecule has 0 spiro atoms. The molecule has 11 heteroatoms. The number of carbonyl (C=O) groups is 3. The molecule has 2 aromatic heterocycles. The minimum atomic E-state index is -1.06. The van der Waals surface area contributed by atoms with Crippen molar-refractivity contribution < 1.29 is 19.5 Å². The van der Waals surface area contributed by atoms with Gasteiger partial charge in [-0.05, 0) is 48.3 Å². The Balaban J connectivity index is 1.81. The first kappa shape index (κ1) is 25.1. The summed E-state index contributed by atoms with van der Waals surface area (Å²) in [6.07, 6.45) is 4.55. The van der Waals surface area contributed by atoms with Crippen molar-refractivity contribution in [1.82, 2.24) is 15.3 Å². The van der Waals surface area contributed by atoms with Gasteiger partial charge in [-0.1, -0.05) is 30.1 Å². The number of ketones is 1. The third kappa shape index (κ3) is 4.90. The van der Waals surface area contributed by atoms with E-state index in [9.17, 15) is 19.5 Å². The SMILES string of the molecule is CCC(c1ccc(NC(=O)c2c(Cl)cncc2Cl)cn1)[C@H](NC1=C(Br)C(=O)C1(C)C)C(=O)O. The van der Waals surface area contributed by atoms with E-state index in [1.54, 1.807) is 26.0 Å². The Kier molecular flexibility index (Phi) is 7.45. The number of pyridine rings is 2. The van der Waals surface area contributed by atoms with Gasteiger partial charge in [0.1, 0.15) is 6.04 Å². The predicted molar refractivity (Wildman–Crippen MR) is 129 cm³/mol. The Morgan fingerprint density at radius 1 is 1.18 bits per heavy atom. The van der Waals surface area contributed by atoms with E-state index in [4.69, 9.17) is 23.2 Å². The van der Waals surface area contributed by atoms with Crippen LogP contribution in [0.1, 0.15) is 49.2 Å². The molecule has 1 unspecified atom stereocenters. The van der Waals surface area contributed by atoms with E-state index < -0.39 is 29.3 Å². The van der Waals surface area contributed by atoms with E-state index in [1.807, 2.05) is 6.92 Å². The Morgan fingerprint density at radius 3 is 2.30 bits per heavy atom. The summed E-state index contributed by atoms with van der Waals surface area (Å²) in [4.78, 5) is 44.9. The number of rotatable bonds is 8. The molecule has 3 N–H and O–H groups in total. The summed E-state index contributed by atoms with van der Waals surface area (Å²) in [6, 6.07) is 2.27. The summed E-state index contributed by atoms with van der Waals surface area (Å²) in [7, 11) is 0. The molecule has 2 atom stereocenters. The van der Waals surface area contributed by atoms with Crippen LogP contribution < -0.4 is 10.6 Å². The molecule has 33 heavy (non-hydrogen) atoms. The van der Waals surface area contributed by atoms with Gasteiger partial charge in [0.25, 0.3) is 5.91 Å². The maximum atomic E-state index is 12.5. The largest absolute Gasteiger partial charge is 0.480 e. The number of hydrogen-bond acceptors (Lipinski definition) is 6. The number of anilines is 1. The monoisotopic (exact) mass is 554 g/mol. The van der Waals surface area contributed by atoms with Crippen molar-refractivity contribution in [3.8, 4) is 0 Å². The summed E-state index contributed by atoms with van der Waals surface area (Å²) < 4.78 is 0.355. The van der Waals surface area contributed by atoms with Crippen molar-refractivity contribution in [2.45, 2.75) is 39.2 Å². The van der Waals surface area contributed by atoms with E-state index in [-0.39, 0.29) is 21.4 Å². The Hall–Kier alpha value is -2.49. The van der Waals surface area contributed by atoms with Crippen LogP contribution in [-0.2, 0) is 9.59 Å². The summed E-state index contributed by atoms with van der Waals surface area (Å²) in [6.45, 7) is 5.33. The van der Waals surface area contributed by atoms with Gasteiger partial charge in [-0.15, -0.1) is 0 Å². The number of carbonyl (C=O) groups excluding carboxylic acids is 2. The van der Waals surface area contributed by atoms with Gasteiger partial charge in [0.15, 0.2) is 5.78 Å². The minimum absolute atomic E-state index is 0.0881. The first-order valence-electron chi connectivity index (χ1n) is 9.99. The molecule has 0 saturated carbocycles. The molecule has 0 radical (unpaired) electrons. The molecule has 0 aromatic carbocycles. The van der Waals surface area contributed by atoms with Crippen LogP contribution in [0.3, 0.4) is 0 Å². The van der Waals surface area contributed by atoms with Gasteiger partial charge in [-0.3, -0.25) is 19.6 Å². The van der Waals surface area contributed by atoms with Crippen molar-refractivity contribution in [1.29, 1.82) is 0 Å². The van der Waals surface area contributed by atoms with E-state index in [0.29, 0.717) is 28.0 Å². The first-order valence-corrected chi connectivity index (χ1v) is 11.5. The number of nitrogens with zero attached hydrogens (tertiary/aromatic N) is 2. The maximum Gasteiger partial charge on any atom is 0.326 e. The number of carboxylic acid groups (broad SMARTS) is 1. The molecule has 174 valence electrons. The predicted octanol–water partition coefficient (Wildman–Crippen LogP) is 4.79. The highest BCUT2D eigenvalue weighted by atomic mass is 79.9. The normalized spacial score (nSPS) is 16.6. The summed E-state index contributed by atoms with van der Waals surface area (Å²) in [5.74, 6) is -2.16. The van der Waals surface area contributed by atoms with Crippen molar-refractivity contribution in [2.24, 2.45) is 5.41 Å². The van der Waals surface area contributed by atoms with Crippen LogP contribution in [0.4, 0.5) is 5.69 Å². The number of halogens is 3. The summed E-state index contributed by atoms with van der Waals surface area (Å²) in [5, 5.41) is 15.8. The smallest absolute Gasteiger partial charge is 0.326 e. The van der Waals surface area contributed by atoms with Crippen LogP contribution in [0.15, 0.2) is 40.9 Å². The quantitative estimate of drug-likeness (QED) is 0.428. The molecule has 1 aliphatic carbocycles. The Morgan fingerprint density at radius 2 is 1.82 bits per heavy atom. The Labute approximate surface area is 208 Å². The van der Waals surface area contributed by atoms with Crippen molar-refractivity contribution in [3.05, 3.63) is 62.2 Å². The topological polar surface area (TPSA) is 121 Å². The van der Waals surface area contributed by atoms with Gasteiger partial charge in [0.2, 0.25) is 0 Å². The molecule has 2 aromatic rings. The average Bonchev–Trinajstić information content (AvgIpc) is 2.76. The van der Waals surface area contributed by atoms with Crippen LogP contribution in [0.25, 0.3) is 0 Å². The molecule has 1 amide bonds. The lowest BCUT2D eigenvalue weighted by atomic mass is 9.74. The van der Waals surface area contributed by atoms with Crippen LogP contribution in [0.2, 0.25) is 10.0 Å². The van der Waals surface area contributed by atoms with Crippen LogP contribution >= 0.6 is 39.1 Å². The molecule has 8 nitrogen and oxygen atoms in total. The lowest BCUT2D eigenvalue weighted by Crippen LogP contribution is -2.51. The maximum absolute atomic E-state index is 12.5. The fourth-order valence-electron chi connectivity index (χ4n) is 3.58. The Bertz CT molecular complexity index is 1130. The van der Waals surface area contributed by atoms with Crippen molar-refractivity contribution in [3.63, 3.8) is 0 Å². The zero-order valence-corrected chi connectivity index (χ0v) is 21.0. The third-order valence-corrected chi connectivity index (χ3v) is 6.85. The fourth-order valence-corrected chi connectivity index (χ4v) is 5.23. The lowest BCUT2D eigenvalue weighted by Gasteiger charge is -2.39. The minimum Gasteiger partial charge on any atom is -0.480 e. The van der Waals surface area contributed by atoms with E-state index in [2.05, 4.69) is 36.5 Å². The van der Waals surface area contributed by atoms with E-state index in [1.165, 1.54) is 18.6 Å². The molecule has 2 heterocycles. The number of nitrogens with one attached hydrogen (secondary N) is 2. The fraction of sp³-hybridized carbons (Fsp3) is 0.318. The average molecular weight is 556 g/mol. The number of Topliss-reactive ketones (excluding diaryl/α,β-unsaturated/α-hetero) is 1. The van der Waals surface area contributed by atoms with Crippen molar-refractivity contribution >= 4 is 62.5 Å². The number of carboxylic acids is 1. The molecule has 0 saturated heterocycles. The highest BCUT2D eigenvalue weighted by Crippen LogP contribution is 2.44. The first-order chi connectivity index (χ1) is 15.5. The summed E-state index contributed by atoms with van der Waals surface area (Å²) >= 11 is 15.3. The molecule has 1 aliphatic rings. The van der Waals surface area contributed by atoms with Gasteiger partial charge in [0, 0.05) is 29.7 Å². The molecule has 3 rings (SSSR count). The van der Waals surface area contributed by atoms with Crippen LogP contribution in [0, 0.1) is 5.41 Å². The highest BCUT2D eigenvalue weighted by Gasteiger charge is 2.47. The van der Waals surface area contributed by atoms with Gasteiger partial charge >= 0.3 is 5.97 Å². The van der Waals surface area contributed by atoms with Gasteiger partial charge in [-0.25, -0.2) is 4.79 Å². The molecule has 0 bridgehead atoms. The second-order valence-electron chi connectivity index (χ2n) is 8.02. The number of allylic oxidation sites excluding steroid dienone is 2. The molecule has 0 aliphatic heterocycles. The van der Waals surface area contributed by atoms with Crippen LogP contribution in [0.5, 0.6) is 0 Å². The second kappa shape index (κ2) is 9.79. The third-order valence-electron chi connectivity index (χ3n) is 5.52. The number of amides is 1. The second-order valence-corrected chi connectivity index (χ2v) is 9.63. The number of aromatic nitrogens is 2. The van der Waals surface area contributed by atoms with E-state index in [0.717, 1.165) is 0 Å². The molecular formula is C22H21BrCl2N4O4. The lowest BCUT2D eigenvalue weighted by molar-refractivity contribution is -0.140. The number of hydrogen-bond donors (Lipinski definition) is 3. The number of aliphatic carboxylic acids is 1. The van der Waals surface area contributed by atoms with E-state index >= 15 is 0 Å². The highest BCUT2D eigenvalue weighted by molar-refractivity contribution is 9.12. The zero-order valence-electron chi connectivity index (χ0n) is 17.9. The molecule has 0 fully saturated rings. The van der Waals surface area contributed by atoms with Gasteiger partial charge in [-0.2, -0.15) is 0 Å². The van der Waals surface area contributed by atoms with Gasteiger partial charge < -0.3 is 15.7 Å². The van der Waals surface area contributed by atoms with Gasteiger partial charge in [0.05, 0.1) is 37.4 Å². The summed E-state index contributed by atoms with van der Waals surface area (Å²) in [5.41, 5.74) is 0.764. The standard InChI is InChI=1S/C22H21BrCl2N4O4/c1-4-11(17(21(32)33)29-18-16(23)19(30)22(18,2)3)14-6-5-10(7-27-14)28-20(31)15-12(24)8-26-9-13(15)25/h5-9,11,17,29H,4H2,1-3H3,(H,28,31)(H,32,33)/t11?,17-/m0/s1. The molecular weight excluding hydrogens is 535 g/mol. The van der Waals surface area contributed by atoms with Crippen LogP contribution in [-0.4, -0.2) is 38.8 Å².